The first kappa shape index (κ1) is 27.5. The Kier molecular flexibility index (Phi) is 8.19. The topological polar surface area (TPSA) is 87.1 Å². The zero-order chi connectivity index (χ0) is 26.8. The third-order valence-electron chi connectivity index (χ3n) is 8.22. The molecule has 2 amide bonds. The van der Waals surface area contributed by atoms with E-state index in [0.29, 0.717) is 32.4 Å². The summed E-state index contributed by atoms with van der Waals surface area (Å²) in [5.74, 6) is -2.07. The summed E-state index contributed by atoms with van der Waals surface area (Å²) >= 11 is 1.61. The van der Waals surface area contributed by atoms with Crippen molar-refractivity contribution in [2.24, 2.45) is 11.8 Å². The monoisotopic (exact) mass is 526 g/mol. The maximum absolute atomic E-state index is 14.4. The average Bonchev–Trinajstić information content (AvgIpc) is 3.46. The minimum atomic E-state index is -0.774. The van der Waals surface area contributed by atoms with Crippen LogP contribution in [0.25, 0.3) is 0 Å². The normalized spacial score (nSPS) is 30.6. The number of carbonyl (C=O) groups is 3. The van der Waals surface area contributed by atoms with E-state index in [2.05, 4.69) is 13.2 Å². The molecule has 0 saturated carbocycles. The molecule has 2 bridgehead atoms. The zero-order valence-electron chi connectivity index (χ0n) is 21.8. The molecule has 1 spiro atoms. The molecule has 0 radical (unpaired) electrons. The van der Waals surface area contributed by atoms with E-state index in [1.807, 2.05) is 44.2 Å². The number of fused-ring (bicyclic) bond motifs is 1. The van der Waals surface area contributed by atoms with E-state index in [-0.39, 0.29) is 31.0 Å². The molecule has 3 fully saturated rings. The Bertz CT molecular complexity index is 1040. The summed E-state index contributed by atoms with van der Waals surface area (Å²) in [6.07, 6.45) is 5.81. The molecule has 1 aromatic rings. The quantitative estimate of drug-likeness (QED) is 0.255. The summed E-state index contributed by atoms with van der Waals surface area (Å²) in [6, 6.07) is 8.45. The highest BCUT2D eigenvalue weighted by Crippen LogP contribution is 2.71. The van der Waals surface area contributed by atoms with Crippen LogP contribution in [0.4, 0.5) is 0 Å². The van der Waals surface area contributed by atoms with Gasteiger partial charge in [0.1, 0.15) is 6.04 Å². The van der Waals surface area contributed by atoms with Crippen LogP contribution in [0.1, 0.15) is 45.1 Å². The number of carbonyl (C=O) groups excluding carboxylic acids is 3. The molecular formula is C29H38N2O5S. The predicted octanol–water partition coefficient (Wildman–Crippen LogP) is 3.57. The number of nitrogens with zero attached hydrogens (tertiary/aromatic N) is 2. The number of benzene rings is 1. The second-order valence-electron chi connectivity index (χ2n) is 10.5. The second kappa shape index (κ2) is 11.0. The lowest BCUT2D eigenvalue weighted by molar-refractivity contribution is -0.156. The number of aliphatic hydroxyl groups excluding tert-OH is 1. The Hall–Kier alpha value is -2.58. The fraction of sp³-hybridized carbons (Fsp3) is 0.552. The smallest absolute Gasteiger partial charge is 0.311 e. The lowest BCUT2D eigenvalue weighted by Gasteiger charge is -2.39. The molecule has 6 atom stereocenters. The molecule has 4 rings (SSSR count). The van der Waals surface area contributed by atoms with E-state index < -0.39 is 33.4 Å². The Labute approximate surface area is 223 Å². The summed E-state index contributed by atoms with van der Waals surface area (Å²) in [7, 11) is 0. The lowest BCUT2D eigenvalue weighted by atomic mass is 9.66. The fourth-order valence-electron chi connectivity index (χ4n) is 6.51. The van der Waals surface area contributed by atoms with Gasteiger partial charge in [-0.05, 0) is 38.2 Å². The number of amides is 2. The molecule has 200 valence electrons. The maximum Gasteiger partial charge on any atom is 0.311 e. The molecule has 2 unspecified atom stereocenters. The van der Waals surface area contributed by atoms with Crippen LogP contribution in [0.15, 0.2) is 55.6 Å². The van der Waals surface area contributed by atoms with Gasteiger partial charge in [-0.2, -0.15) is 0 Å². The van der Waals surface area contributed by atoms with E-state index >= 15 is 0 Å². The summed E-state index contributed by atoms with van der Waals surface area (Å²) in [6.45, 7) is 12.2. The summed E-state index contributed by atoms with van der Waals surface area (Å²) in [5.41, 5.74) is 0.982. The van der Waals surface area contributed by atoms with Gasteiger partial charge in [0.05, 0.1) is 35.8 Å². The van der Waals surface area contributed by atoms with Gasteiger partial charge in [-0.3, -0.25) is 14.4 Å². The van der Waals surface area contributed by atoms with Crippen LogP contribution in [0.3, 0.4) is 0 Å². The Morgan fingerprint density at radius 3 is 2.62 bits per heavy atom. The highest BCUT2D eigenvalue weighted by atomic mass is 32.2. The summed E-state index contributed by atoms with van der Waals surface area (Å²) in [5, 5.41) is 10.2. The molecule has 1 aromatic carbocycles. The predicted molar refractivity (Wildman–Crippen MR) is 145 cm³/mol. The molecule has 3 aliphatic heterocycles. The number of rotatable bonds is 12. The number of hydrogen-bond donors (Lipinski definition) is 1. The average molecular weight is 527 g/mol. The Balaban J connectivity index is 1.75. The van der Waals surface area contributed by atoms with Crippen molar-refractivity contribution in [2.75, 3.05) is 19.8 Å². The fourth-order valence-corrected chi connectivity index (χ4v) is 8.83. The molecular weight excluding hydrogens is 488 g/mol. The first-order valence-electron chi connectivity index (χ1n) is 13.1. The summed E-state index contributed by atoms with van der Waals surface area (Å²) in [4.78, 5) is 45.3. The number of thioether (sulfide) groups is 1. The molecule has 1 N–H and O–H groups in total. The van der Waals surface area contributed by atoms with Crippen LogP contribution in [-0.2, 0) is 25.7 Å². The van der Waals surface area contributed by atoms with Gasteiger partial charge in [-0.25, -0.2) is 0 Å². The number of likely N-dealkylation sites (tertiary alicyclic amines) is 1. The van der Waals surface area contributed by atoms with E-state index in [0.717, 1.165) is 12.0 Å². The minimum Gasteiger partial charge on any atom is -0.465 e. The van der Waals surface area contributed by atoms with Crippen LogP contribution >= 0.6 is 11.8 Å². The lowest BCUT2D eigenvalue weighted by Crippen LogP contribution is -2.57. The molecule has 0 aliphatic carbocycles. The van der Waals surface area contributed by atoms with Gasteiger partial charge in [-0.1, -0.05) is 49.4 Å². The standard InChI is InChI=1S/C29H38N2O5S/c1-5-8-17-36-27(35)23-22-25(33)31(21(7-3)19-32)24(29(22)15-14-28(23,4)37-29)26(34)30(16-6-2)18-20-12-10-9-11-13-20/h5-6,9-13,21-24,32H,1-2,7-8,14-19H2,3-4H3/t21-,22-,23-,24?,28+,29?/m0/s1. The molecule has 37 heavy (non-hydrogen) atoms. The molecule has 7 nitrogen and oxygen atoms in total. The third-order valence-corrected chi connectivity index (χ3v) is 10.2. The molecule has 0 aromatic heterocycles. The van der Waals surface area contributed by atoms with Crippen LogP contribution in [0, 0.1) is 11.8 Å². The van der Waals surface area contributed by atoms with Gasteiger partial charge in [0.15, 0.2) is 0 Å². The largest absolute Gasteiger partial charge is 0.465 e. The number of hydrogen-bond acceptors (Lipinski definition) is 6. The van der Waals surface area contributed by atoms with Crippen molar-refractivity contribution in [3.63, 3.8) is 0 Å². The van der Waals surface area contributed by atoms with Crippen molar-refractivity contribution < 1.29 is 24.2 Å². The van der Waals surface area contributed by atoms with Gasteiger partial charge in [0.25, 0.3) is 0 Å². The Morgan fingerprint density at radius 1 is 1.27 bits per heavy atom. The van der Waals surface area contributed by atoms with Crippen LogP contribution in [-0.4, -0.2) is 74.0 Å². The highest BCUT2D eigenvalue weighted by molar-refractivity contribution is 8.02. The van der Waals surface area contributed by atoms with E-state index in [1.165, 1.54) is 0 Å². The van der Waals surface area contributed by atoms with Crippen molar-refractivity contribution in [2.45, 2.75) is 67.7 Å². The highest BCUT2D eigenvalue weighted by Gasteiger charge is 2.78. The van der Waals surface area contributed by atoms with Crippen LogP contribution in [0.5, 0.6) is 0 Å². The summed E-state index contributed by atoms with van der Waals surface area (Å²) < 4.78 is 4.36. The van der Waals surface area contributed by atoms with Crippen molar-refractivity contribution in [3.05, 3.63) is 61.2 Å². The molecule has 3 heterocycles. The maximum atomic E-state index is 14.4. The van der Waals surface area contributed by atoms with Gasteiger partial charge in [-0.15, -0.1) is 24.9 Å². The van der Waals surface area contributed by atoms with E-state index in [1.54, 1.807) is 33.7 Å². The van der Waals surface area contributed by atoms with Crippen molar-refractivity contribution in [1.82, 2.24) is 9.80 Å². The number of ether oxygens (including phenoxy) is 1. The van der Waals surface area contributed by atoms with Crippen LogP contribution < -0.4 is 0 Å². The van der Waals surface area contributed by atoms with E-state index in [4.69, 9.17) is 4.74 Å². The van der Waals surface area contributed by atoms with Crippen LogP contribution in [0.2, 0.25) is 0 Å². The van der Waals surface area contributed by atoms with Crippen molar-refractivity contribution >= 4 is 29.5 Å². The van der Waals surface area contributed by atoms with Gasteiger partial charge in [0.2, 0.25) is 11.8 Å². The van der Waals surface area contributed by atoms with Gasteiger partial charge >= 0.3 is 5.97 Å². The Morgan fingerprint density at radius 2 is 2.00 bits per heavy atom. The number of aliphatic hydroxyl groups is 1. The zero-order valence-corrected chi connectivity index (χ0v) is 22.6. The first-order valence-corrected chi connectivity index (χ1v) is 13.9. The second-order valence-corrected chi connectivity index (χ2v) is 12.4. The molecule has 3 saturated heterocycles. The molecule has 3 aliphatic rings. The first-order chi connectivity index (χ1) is 17.8. The van der Waals surface area contributed by atoms with E-state index in [9.17, 15) is 19.5 Å². The SMILES string of the molecule is C=CCCOC(=O)[C@@H]1[C@H]2C(=O)N([C@@H](CC)CO)C(C(=O)N(CC=C)Cc3ccccc3)C23CC[C@@]1(C)S3. The molecule has 8 heteroatoms. The van der Waals surface area contributed by atoms with Gasteiger partial charge < -0.3 is 19.6 Å². The van der Waals surface area contributed by atoms with Gasteiger partial charge in [0, 0.05) is 17.8 Å². The number of esters is 1. The third kappa shape index (κ3) is 4.63. The minimum absolute atomic E-state index is 0.163. The van der Waals surface area contributed by atoms with Crippen molar-refractivity contribution in [3.8, 4) is 0 Å². The van der Waals surface area contributed by atoms with Crippen molar-refractivity contribution in [1.29, 1.82) is 0 Å².